The zero-order chi connectivity index (χ0) is 9.56. The summed E-state index contributed by atoms with van der Waals surface area (Å²) in [5.41, 5.74) is 0. The molecule has 5 nitrogen and oxygen atoms in total. The maximum Gasteiger partial charge on any atom is 0.190 e. The number of aliphatic hydroxyl groups is 3. The van der Waals surface area contributed by atoms with Crippen LogP contribution in [0.2, 0.25) is 0 Å². The number of Topliss-reactive ketones (excluding diaryl/α,β-unsaturated/α-hetero) is 1. The van der Waals surface area contributed by atoms with Crippen LogP contribution in [0.15, 0.2) is 11.8 Å². The monoisotopic (exact) mass is 176 g/mol. The Labute approximate surface area is 69.9 Å². The topological polar surface area (TPSA) is 87.0 Å². The van der Waals surface area contributed by atoms with Gasteiger partial charge in [-0.2, -0.15) is 0 Å². The number of rotatable bonds is 5. The molecular formula is C7H12O5. The molecule has 0 radical (unpaired) electrons. The number of aliphatic hydroxyl groups excluding tert-OH is 3. The molecule has 1 atom stereocenters. The Morgan fingerprint density at radius 1 is 1.50 bits per heavy atom. The van der Waals surface area contributed by atoms with Gasteiger partial charge in [-0.3, -0.25) is 4.79 Å². The standard InChI is InChI=1S/C7H12O5/c1-12-5(3-8)2-6(10)7(11)4-9/h2,6,8-10H,3-4H2,1H3/b5-2-. The summed E-state index contributed by atoms with van der Waals surface area (Å²) in [6.45, 7) is -1.13. The van der Waals surface area contributed by atoms with Crippen LogP contribution in [0.5, 0.6) is 0 Å². The first-order valence-corrected chi connectivity index (χ1v) is 3.32. The maximum atomic E-state index is 10.6. The minimum Gasteiger partial charge on any atom is -0.499 e. The molecule has 0 aromatic carbocycles. The van der Waals surface area contributed by atoms with E-state index in [1.54, 1.807) is 0 Å². The Morgan fingerprint density at radius 2 is 2.08 bits per heavy atom. The fourth-order valence-electron chi connectivity index (χ4n) is 0.548. The van der Waals surface area contributed by atoms with Crippen molar-refractivity contribution in [2.45, 2.75) is 6.10 Å². The van der Waals surface area contributed by atoms with Gasteiger partial charge in [0.25, 0.3) is 0 Å². The van der Waals surface area contributed by atoms with Crippen LogP contribution < -0.4 is 0 Å². The molecule has 0 aliphatic carbocycles. The summed E-state index contributed by atoms with van der Waals surface area (Å²) in [6, 6.07) is 0. The van der Waals surface area contributed by atoms with Gasteiger partial charge in [-0.15, -0.1) is 0 Å². The summed E-state index contributed by atoms with van der Waals surface area (Å²) < 4.78 is 4.58. The van der Waals surface area contributed by atoms with Crippen molar-refractivity contribution in [3.63, 3.8) is 0 Å². The highest BCUT2D eigenvalue weighted by molar-refractivity contribution is 5.85. The third-order valence-electron chi connectivity index (χ3n) is 1.25. The Balaban J connectivity index is 4.19. The summed E-state index contributed by atoms with van der Waals surface area (Å²) >= 11 is 0. The van der Waals surface area contributed by atoms with Crippen LogP contribution in [0.1, 0.15) is 0 Å². The Bertz CT molecular complexity index is 169. The molecular weight excluding hydrogens is 164 g/mol. The number of ketones is 1. The normalized spacial score (nSPS) is 14.2. The van der Waals surface area contributed by atoms with E-state index in [-0.39, 0.29) is 5.76 Å². The molecule has 3 N–H and O–H groups in total. The second-order valence-corrected chi connectivity index (χ2v) is 2.06. The molecule has 0 aliphatic rings. The molecule has 0 aliphatic heterocycles. The molecule has 0 heterocycles. The van der Waals surface area contributed by atoms with Crippen LogP contribution in [0.4, 0.5) is 0 Å². The molecule has 0 aromatic rings. The lowest BCUT2D eigenvalue weighted by Crippen LogP contribution is -2.22. The lowest BCUT2D eigenvalue weighted by Gasteiger charge is -2.05. The maximum absolute atomic E-state index is 10.6. The van der Waals surface area contributed by atoms with E-state index in [1.165, 1.54) is 7.11 Å². The minimum absolute atomic E-state index is 0.0873. The van der Waals surface area contributed by atoms with Crippen LogP contribution in [0, 0.1) is 0 Å². The third kappa shape index (κ3) is 3.47. The number of hydrogen-bond donors (Lipinski definition) is 3. The van der Waals surface area contributed by atoms with Crippen molar-refractivity contribution in [2.24, 2.45) is 0 Å². The summed E-state index contributed by atoms with van der Waals surface area (Å²) in [5.74, 6) is -0.651. The van der Waals surface area contributed by atoms with Gasteiger partial charge >= 0.3 is 0 Å². The third-order valence-corrected chi connectivity index (χ3v) is 1.25. The molecule has 0 bridgehead atoms. The number of methoxy groups -OCH3 is 1. The summed E-state index contributed by atoms with van der Waals surface area (Å²) in [6.07, 6.45) is -0.379. The zero-order valence-corrected chi connectivity index (χ0v) is 6.73. The summed E-state index contributed by atoms with van der Waals surface area (Å²) in [5, 5.41) is 25.8. The Hall–Kier alpha value is -0.910. The van der Waals surface area contributed by atoms with Crippen LogP contribution in [0.3, 0.4) is 0 Å². The number of carbonyl (C=O) groups excluding carboxylic acids is 1. The molecule has 0 saturated heterocycles. The Kier molecular flexibility index (Phi) is 5.27. The Morgan fingerprint density at radius 3 is 2.42 bits per heavy atom. The van der Waals surface area contributed by atoms with Gasteiger partial charge < -0.3 is 20.1 Å². The van der Waals surface area contributed by atoms with Gasteiger partial charge in [0.15, 0.2) is 5.78 Å². The molecule has 0 rings (SSSR count). The molecule has 70 valence electrons. The highest BCUT2D eigenvalue weighted by atomic mass is 16.5. The van der Waals surface area contributed by atoms with Crippen molar-refractivity contribution in [3.05, 3.63) is 11.8 Å². The van der Waals surface area contributed by atoms with Gasteiger partial charge in [0.2, 0.25) is 0 Å². The molecule has 1 unspecified atom stereocenters. The van der Waals surface area contributed by atoms with Crippen LogP contribution >= 0.6 is 0 Å². The number of hydrogen-bond acceptors (Lipinski definition) is 5. The smallest absolute Gasteiger partial charge is 0.190 e. The molecule has 0 spiro atoms. The van der Waals surface area contributed by atoms with Crippen LogP contribution in [0.25, 0.3) is 0 Å². The lowest BCUT2D eigenvalue weighted by molar-refractivity contribution is -0.127. The van der Waals surface area contributed by atoms with Gasteiger partial charge in [-0.1, -0.05) is 0 Å². The second kappa shape index (κ2) is 5.70. The fraction of sp³-hybridized carbons (Fsp3) is 0.571. The predicted octanol–water partition coefficient (Wildman–Crippen LogP) is -1.57. The average molecular weight is 176 g/mol. The van der Waals surface area contributed by atoms with E-state index in [0.29, 0.717) is 0 Å². The predicted molar refractivity (Wildman–Crippen MR) is 40.3 cm³/mol. The van der Waals surface area contributed by atoms with E-state index in [9.17, 15) is 4.79 Å². The van der Waals surface area contributed by atoms with Gasteiger partial charge in [-0.25, -0.2) is 0 Å². The average Bonchev–Trinajstić information content (AvgIpc) is 2.12. The number of ether oxygens (including phenoxy) is 1. The lowest BCUT2D eigenvalue weighted by atomic mass is 10.2. The van der Waals surface area contributed by atoms with Crippen molar-refractivity contribution in [1.29, 1.82) is 0 Å². The molecule has 0 fully saturated rings. The van der Waals surface area contributed by atoms with Gasteiger partial charge in [0.05, 0.1) is 7.11 Å². The first kappa shape index (κ1) is 11.1. The van der Waals surface area contributed by atoms with Gasteiger partial charge in [0, 0.05) is 0 Å². The first-order valence-electron chi connectivity index (χ1n) is 3.32. The van der Waals surface area contributed by atoms with E-state index < -0.39 is 25.1 Å². The highest BCUT2D eigenvalue weighted by Gasteiger charge is 2.11. The van der Waals surface area contributed by atoms with Crippen molar-refractivity contribution in [3.8, 4) is 0 Å². The highest BCUT2D eigenvalue weighted by Crippen LogP contribution is 1.97. The van der Waals surface area contributed by atoms with Crippen LogP contribution in [-0.2, 0) is 9.53 Å². The summed E-state index contributed by atoms with van der Waals surface area (Å²) in [4.78, 5) is 10.6. The van der Waals surface area contributed by atoms with Gasteiger partial charge in [-0.05, 0) is 6.08 Å². The van der Waals surface area contributed by atoms with E-state index >= 15 is 0 Å². The van der Waals surface area contributed by atoms with Gasteiger partial charge in [0.1, 0.15) is 25.1 Å². The largest absolute Gasteiger partial charge is 0.499 e. The van der Waals surface area contributed by atoms with E-state index in [2.05, 4.69) is 4.74 Å². The van der Waals surface area contributed by atoms with Crippen molar-refractivity contribution in [2.75, 3.05) is 20.3 Å². The zero-order valence-electron chi connectivity index (χ0n) is 6.73. The molecule has 0 aromatic heterocycles. The quantitative estimate of drug-likeness (QED) is 0.440. The van der Waals surface area contributed by atoms with E-state index in [1.807, 2.05) is 0 Å². The second-order valence-electron chi connectivity index (χ2n) is 2.06. The van der Waals surface area contributed by atoms with Crippen molar-refractivity contribution in [1.82, 2.24) is 0 Å². The summed E-state index contributed by atoms with van der Waals surface area (Å²) in [7, 11) is 1.30. The fourth-order valence-corrected chi connectivity index (χ4v) is 0.548. The first-order chi connectivity index (χ1) is 5.65. The van der Waals surface area contributed by atoms with Crippen molar-refractivity contribution < 1.29 is 24.9 Å². The molecule has 5 heteroatoms. The minimum atomic E-state index is -1.42. The molecule has 0 amide bonds. The van der Waals surface area contributed by atoms with E-state index in [0.717, 1.165) is 6.08 Å². The number of carbonyl (C=O) groups is 1. The molecule has 12 heavy (non-hydrogen) atoms. The van der Waals surface area contributed by atoms with Crippen molar-refractivity contribution >= 4 is 5.78 Å². The van der Waals surface area contributed by atoms with E-state index in [4.69, 9.17) is 15.3 Å². The van der Waals surface area contributed by atoms with Crippen LogP contribution in [-0.4, -0.2) is 47.5 Å². The SMILES string of the molecule is CO/C(=C\C(O)C(=O)CO)CO. The molecule has 0 saturated carbocycles.